The number of hydrogen-bond acceptors (Lipinski definition) is 6. The van der Waals surface area contributed by atoms with Crippen LogP contribution >= 0.6 is 0 Å². The predicted octanol–water partition coefficient (Wildman–Crippen LogP) is -0.577. The predicted molar refractivity (Wildman–Crippen MR) is 133 cm³/mol. The molecule has 1 aliphatic rings. The highest BCUT2D eigenvalue weighted by molar-refractivity contribution is 5.94. The van der Waals surface area contributed by atoms with Crippen molar-refractivity contribution >= 4 is 29.7 Å². The number of aliphatic imine (C=N–C) groups is 1. The van der Waals surface area contributed by atoms with Gasteiger partial charge in [0.05, 0.1) is 6.04 Å². The second-order valence-corrected chi connectivity index (χ2v) is 9.88. The van der Waals surface area contributed by atoms with E-state index in [4.69, 9.17) is 11.5 Å². The number of carbonyl (C=O) groups is 4. The van der Waals surface area contributed by atoms with Crippen molar-refractivity contribution < 1.29 is 24.3 Å². The van der Waals surface area contributed by atoms with Crippen molar-refractivity contribution in [1.82, 2.24) is 21.3 Å². The number of carbonyl (C=O) groups excluding carboxylic acids is 3. The number of carboxylic acid groups (broad SMARTS) is 1. The SMILES string of the molecule is CC(C)CC(NC(=O)C(CC(C)C)NC(=O)C1CCCN1)C(=O)NC(CCCN=C(N)N)C(=O)O. The molecule has 0 saturated carbocycles. The van der Waals surface area contributed by atoms with Crippen molar-refractivity contribution in [2.75, 3.05) is 13.1 Å². The second-order valence-electron chi connectivity index (χ2n) is 9.88. The summed E-state index contributed by atoms with van der Waals surface area (Å²) >= 11 is 0. The fraction of sp³-hybridized carbons (Fsp3) is 0.783. The number of carboxylic acids is 1. The minimum Gasteiger partial charge on any atom is -0.480 e. The molecule has 12 nitrogen and oxygen atoms in total. The Bertz CT molecular complexity index is 747. The van der Waals surface area contributed by atoms with Crippen molar-refractivity contribution in [3.05, 3.63) is 0 Å². The lowest BCUT2D eigenvalue weighted by atomic mass is 9.99. The average Bonchev–Trinajstić information content (AvgIpc) is 3.28. The van der Waals surface area contributed by atoms with Gasteiger partial charge in [0.2, 0.25) is 17.7 Å². The molecule has 0 aromatic heterocycles. The van der Waals surface area contributed by atoms with Crippen LogP contribution in [0.3, 0.4) is 0 Å². The number of nitrogens with one attached hydrogen (secondary N) is 4. The van der Waals surface area contributed by atoms with Crippen LogP contribution in [-0.4, -0.2) is 72.0 Å². The molecule has 0 aliphatic carbocycles. The number of rotatable bonds is 15. The smallest absolute Gasteiger partial charge is 0.326 e. The average molecular weight is 498 g/mol. The van der Waals surface area contributed by atoms with Gasteiger partial charge in [-0.1, -0.05) is 27.7 Å². The summed E-state index contributed by atoms with van der Waals surface area (Å²) in [7, 11) is 0. The molecule has 4 atom stereocenters. The third-order valence-electron chi connectivity index (χ3n) is 5.62. The van der Waals surface area contributed by atoms with Crippen LogP contribution in [-0.2, 0) is 19.2 Å². The molecule has 4 unspecified atom stereocenters. The summed E-state index contributed by atoms with van der Waals surface area (Å²) in [5.41, 5.74) is 10.5. The van der Waals surface area contributed by atoms with Gasteiger partial charge in [0, 0.05) is 6.54 Å². The van der Waals surface area contributed by atoms with E-state index in [1.807, 2.05) is 27.7 Å². The first-order valence-electron chi connectivity index (χ1n) is 12.3. The van der Waals surface area contributed by atoms with Crippen LogP contribution in [0.4, 0.5) is 0 Å². The van der Waals surface area contributed by atoms with E-state index in [2.05, 4.69) is 26.3 Å². The highest BCUT2D eigenvalue weighted by atomic mass is 16.4. The van der Waals surface area contributed by atoms with Gasteiger partial charge >= 0.3 is 5.97 Å². The lowest BCUT2D eigenvalue weighted by Gasteiger charge is -2.27. The first kappa shape index (κ1) is 30.1. The molecule has 3 amide bonds. The minimum absolute atomic E-state index is 0.0528. The molecule has 9 N–H and O–H groups in total. The van der Waals surface area contributed by atoms with Crippen molar-refractivity contribution in [3.8, 4) is 0 Å². The van der Waals surface area contributed by atoms with E-state index in [-0.39, 0.29) is 42.7 Å². The highest BCUT2D eigenvalue weighted by Gasteiger charge is 2.32. The molecule has 200 valence electrons. The molecular formula is C23H43N7O5. The second kappa shape index (κ2) is 15.2. The topological polar surface area (TPSA) is 201 Å². The van der Waals surface area contributed by atoms with Gasteiger partial charge in [-0.2, -0.15) is 0 Å². The molecule has 0 aromatic carbocycles. The molecule has 1 rings (SSSR count). The molecule has 0 aromatic rings. The largest absolute Gasteiger partial charge is 0.480 e. The van der Waals surface area contributed by atoms with Crippen LogP contribution in [0, 0.1) is 11.8 Å². The Balaban J connectivity index is 2.87. The Morgan fingerprint density at radius 3 is 1.94 bits per heavy atom. The highest BCUT2D eigenvalue weighted by Crippen LogP contribution is 2.11. The first-order chi connectivity index (χ1) is 16.4. The molecule has 12 heteroatoms. The van der Waals surface area contributed by atoms with E-state index in [0.29, 0.717) is 25.7 Å². The quantitative estimate of drug-likeness (QED) is 0.0884. The zero-order valence-corrected chi connectivity index (χ0v) is 21.3. The molecule has 0 bridgehead atoms. The Morgan fingerprint density at radius 2 is 1.49 bits per heavy atom. The van der Waals surface area contributed by atoms with Crippen LogP contribution in [0.15, 0.2) is 4.99 Å². The normalized spacial score (nSPS) is 17.9. The fourth-order valence-electron chi connectivity index (χ4n) is 3.89. The number of aliphatic carboxylic acids is 1. The van der Waals surface area contributed by atoms with Gasteiger partial charge < -0.3 is 37.8 Å². The number of nitrogens with two attached hydrogens (primary N) is 2. The third kappa shape index (κ3) is 11.9. The lowest BCUT2D eigenvalue weighted by molar-refractivity contribution is -0.142. The van der Waals surface area contributed by atoms with Crippen molar-refractivity contribution in [3.63, 3.8) is 0 Å². The zero-order valence-electron chi connectivity index (χ0n) is 21.3. The van der Waals surface area contributed by atoms with E-state index in [0.717, 1.165) is 13.0 Å². The van der Waals surface area contributed by atoms with Crippen molar-refractivity contribution in [2.45, 2.75) is 90.4 Å². The first-order valence-corrected chi connectivity index (χ1v) is 12.3. The Hall–Kier alpha value is -2.89. The van der Waals surface area contributed by atoms with E-state index < -0.39 is 35.9 Å². The van der Waals surface area contributed by atoms with Crippen LogP contribution in [0.25, 0.3) is 0 Å². The number of hydrogen-bond donors (Lipinski definition) is 7. The molecule has 1 saturated heterocycles. The third-order valence-corrected chi connectivity index (χ3v) is 5.62. The maximum absolute atomic E-state index is 13.1. The Morgan fingerprint density at radius 1 is 0.943 bits per heavy atom. The van der Waals surface area contributed by atoms with Crippen LogP contribution in [0.2, 0.25) is 0 Å². The Labute approximate surface area is 207 Å². The summed E-state index contributed by atoms with van der Waals surface area (Å²) in [6.45, 7) is 8.68. The molecule has 1 fully saturated rings. The standard InChI is InChI=1S/C23H43N7O5/c1-13(2)11-17(20(32)28-16(22(34)35)8-6-10-27-23(24)25)30-21(33)18(12-14(3)4)29-19(31)15-7-5-9-26-15/h13-18,26H,5-12H2,1-4H3,(H,28,32)(H,29,31)(H,30,33)(H,34,35)(H4,24,25,27). The van der Waals surface area contributed by atoms with Gasteiger partial charge in [-0.05, 0) is 56.9 Å². The van der Waals surface area contributed by atoms with E-state index in [1.165, 1.54) is 0 Å². The molecule has 0 spiro atoms. The van der Waals surface area contributed by atoms with E-state index >= 15 is 0 Å². The number of amides is 3. The number of guanidine groups is 1. The van der Waals surface area contributed by atoms with Crippen LogP contribution < -0.4 is 32.7 Å². The molecule has 35 heavy (non-hydrogen) atoms. The van der Waals surface area contributed by atoms with E-state index in [9.17, 15) is 24.3 Å². The maximum Gasteiger partial charge on any atom is 0.326 e. The zero-order chi connectivity index (χ0) is 26.5. The van der Waals surface area contributed by atoms with Gasteiger partial charge in [0.25, 0.3) is 0 Å². The summed E-state index contributed by atoms with van der Waals surface area (Å²) < 4.78 is 0. The van der Waals surface area contributed by atoms with Gasteiger partial charge in [-0.25, -0.2) is 4.79 Å². The van der Waals surface area contributed by atoms with Gasteiger partial charge in [0.15, 0.2) is 5.96 Å². The van der Waals surface area contributed by atoms with Gasteiger partial charge in [-0.3, -0.25) is 19.4 Å². The number of nitrogens with zero attached hydrogens (tertiary/aromatic N) is 1. The van der Waals surface area contributed by atoms with E-state index in [1.54, 1.807) is 0 Å². The molecule has 1 heterocycles. The monoisotopic (exact) mass is 497 g/mol. The van der Waals surface area contributed by atoms with Crippen LogP contribution in [0.1, 0.15) is 66.2 Å². The summed E-state index contributed by atoms with van der Waals surface area (Å²) in [6, 6.07) is -3.23. The van der Waals surface area contributed by atoms with Gasteiger partial charge in [-0.15, -0.1) is 0 Å². The summed E-state index contributed by atoms with van der Waals surface area (Å²) in [4.78, 5) is 54.2. The molecule has 0 radical (unpaired) electrons. The fourth-order valence-corrected chi connectivity index (χ4v) is 3.89. The summed E-state index contributed by atoms with van der Waals surface area (Å²) in [5.74, 6) is -2.39. The van der Waals surface area contributed by atoms with Crippen molar-refractivity contribution in [1.29, 1.82) is 0 Å². The van der Waals surface area contributed by atoms with Crippen molar-refractivity contribution in [2.24, 2.45) is 28.3 Å². The summed E-state index contributed by atoms with van der Waals surface area (Å²) in [5, 5.41) is 20.7. The Kier molecular flexibility index (Phi) is 13.1. The lowest BCUT2D eigenvalue weighted by Crippen LogP contribution is -2.57. The van der Waals surface area contributed by atoms with Gasteiger partial charge in [0.1, 0.15) is 18.1 Å². The van der Waals surface area contributed by atoms with Crippen LogP contribution in [0.5, 0.6) is 0 Å². The molecule has 1 aliphatic heterocycles. The molecular weight excluding hydrogens is 454 g/mol. The maximum atomic E-state index is 13.1. The summed E-state index contributed by atoms with van der Waals surface area (Å²) in [6.07, 6.45) is 2.80. The minimum atomic E-state index is -1.19.